The lowest BCUT2D eigenvalue weighted by atomic mass is 10.1. The lowest BCUT2D eigenvalue weighted by Gasteiger charge is -2.26. The van der Waals surface area contributed by atoms with Crippen LogP contribution in [0, 0.1) is 0 Å². The third kappa shape index (κ3) is 3.54. The van der Waals surface area contributed by atoms with E-state index in [9.17, 15) is 4.79 Å². The van der Waals surface area contributed by atoms with Crippen molar-refractivity contribution >= 4 is 21.9 Å². The summed E-state index contributed by atoms with van der Waals surface area (Å²) >= 11 is 3.34. The second kappa shape index (κ2) is 5.65. The average Bonchev–Trinajstić information content (AvgIpc) is 2.33. The Hall–Kier alpha value is -0.870. The smallest absolute Gasteiger partial charge is 0.338 e. The Morgan fingerprint density at radius 2 is 1.88 bits per heavy atom. The number of hydrogen-bond acceptors (Lipinski definition) is 2. The standard InChI is InChI=1S/C13H16BrNO2/c1-15-8-6-12(7-9-15)17-13(16)10-2-4-11(14)5-3-10/h2-5,12H,6-9H2,1H3/p+1. The average molecular weight is 299 g/mol. The zero-order valence-corrected chi connectivity index (χ0v) is 11.5. The van der Waals surface area contributed by atoms with Crippen molar-refractivity contribution in [2.24, 2.45) is 0 Å². The van der Waals surface area contributed by atoms with Crippen molar-refractivity contribution in [1.82, 2.24) is 0 Å². The van der Waals surface area contributed by atoms with Gasteiger partial charge in [0.2, 0.25) is 0 Å². The zero-order valence-electron chi connectivity index (χ0n) is 9.91. The summed E-state index contributed by atoms with van der Waals surface area (Å²) in [4.78, 5) is 13.4. The third-order valence-corrected chi connectivity index (χ3v) is 3.67. The van der Waals surface area contributed by atoms with Crippen LogP contribution in [-0.2, 0) is 4.74 Å². The minimum absolute atomic E-state index is 0.0925. The molecule has 0 atom stereocenters. The molecule has 0 radical (unpaired) electrons. The molecule has 4 heteroatoms. The fourth-order valence-corrected chi connectivity index (χ4v) is 2.27. The Labute approximate surface area is 110 Å². The van der Waals surface area contributed by atoms with Crippen molar-refractivity contribution in [2.45, 2.75) is 18.9 Å². The van der Waals surface area contributed by atoms with Crippen LogP contribution in [0.25, 0.3) is 0 Å². The molecule has 0 spiro atoms. The molecule has 0 bridgehead atoms. The molecule has 0 unspecified atom stereocenters. The first-order chi connectivity index (χ1) is 8.15. The topological polar surface area (TPSA) is 30.7 Å². The Morgan fingerprint density at radius 1 is 1.29 bits per heavy atom. The van der Waals surface area contributed by atoms with Crippen molar-refractivity contribution < 1.29 is 14.4 Å². The molecule has 2 rings (SSSR count). The fourth-order valence-electron chi connectivity index (χ4n) is 2.01. The van der Waals surface area contributed by atoms with Gasteiger partial charge in [0.15, 0.2) is 0 Å². The number of carbonyl (C=O) groups is 1. The first-order valence-corrected chi connectivity index (χ1v) is 6.72. The molecule has 1 aromatic rings. The van der Waals surface area contributed by atoms with Crippen molar-refractivity contribution in [3.8, 4) is 0 Å². The van der Waals surface area contributed by atoms with Crippen LogP contribution in [0.15, 0.2) is 28.7 Å². The molecule has 1 saturated heterocycles. The van der Waals surface area contributed by atoms with Gasteiger partial charge in [0, 0.05) is 17.3 Å². The number of likely N-dealkylation sites (tertiary alicyclic amines) is 1. The van der Waals surface area contributed by atoms with Gasteiger partial charge in [0.1, 0.15) is 6.10 Å². The summed E-state index contributed by atoms with van der Waals surface area (Å²) in [6.45, 7) is 2.16. The molecular formula is C13H17BrNO2+. The lowest BCUT2D eigenvalue weighted by Crippen LogP contribution is -3.10. The van der Waals surface area contributed by atoms with Crippen molar-refractivity contribution in [2.75, 3.05) is 20.1 Å². The van der Waals surface area contributed by atoms with Gasteiger partial charge in [0.25, 0.3) is 0 Å². The quantitative estimate of drug-likeness (QED) is 0.834. The van der Waals surface area contributed by atoms with Crippen molar-refractivity contribution in [1.29, 1.82) is 0 Å². The molecule has 1 aromatic carbocycles. The monoisotopic (exact) mass is 298 g/mol. The summed E-state index contributed by atoms with van der Waals surface area (Å²) < 4.78 is 6.47. The van der Waals surface area contributed by atoms with Gasteiger partial charge in [0.05, 0.1) is 25.7 Å². The molecule has 3 nitrogen and oxygen atoms in total. The van der Waals surface area contributed by atoms with Gasteiger partial charge in [-0.1, -0.05) is 15.9 Å². The maximum atomic E-state index is 11.9. The molecule has 0 aromatic heterocycles. The van der Waals surface area contributed by atoms with Gasteiger partial charge < -0.3 is 9.64 Å². The number of benzene rings is 1. The van der Waals surface area contributed by atoms with Crippen molar-refractivity contribution in [3.63, 3.8) is 0 Å². The number of quaternary nitrogens is 1. The van der Waals surface area contributed by atoms with Gasteiger partial charge in [-0.2, -0.15) is 0 Å². The van der Waals surface area contributed by atoms with E-state index in [4.69, 9.17) is 4.74 Å². The zero-order chi connectivity index (χ0) is 12.3. The van der Waals surface area contributed by atoms with Crippen LogP contribution in [0.2, 0.25) is 0 Å². The molecular weight excluding hydrogens is 282 g/mol. The van der Waals surface area contributed by atoms with Crippen LogP contribution in [0.3, 0.4) is 0 Å². The molecule has 1 fully saturated rings. The highest BCUT2D eigenvalue weighted by molar-refractivity contribution is 9.10. The molecule has 17 heavy (non-hydrogen) atoms. The Bertz CT molecular complexity index is 383. The van der Waals surface area contributed by atoms with E-state index in [-0.39, 0.29) is 12.1 Å². The molecule has 0 aliphatic carbocycles. The molecule has 1 heterocycles. The maximum absolute atomic E-state index is 11.9. The number of halogens is 1. The predicted octanol–water partition coefficient (Wildman–Crippen LogP) is 1.28. The summed E-state index contributed by atoms with van der Waals surface area (Å²) in [6, 6.07) is 7.28. The fraction of sp³-hybridized carbons (Fsp3) is 0.462. The van der Waals surface area contributed by atoms with Crippen LogP contribution in [0.5, 0.6) is 0 Å². The highest BCUT2D eigenvalue weighted by atomic mass is 79.9. The third-order valence-electron chi connectivity index (χ3n) is 3.14. The highest BCUT2D eigenvalue weighted by Gasteiger charge is 2.23. The summed E-state index contributed by atoms with van der Waals surface area (Å²) in [5, 5.41) is 0. The van der Waals surface area contributed by atoms with E-state index >= 15 is 0 Å². The summed E-state index contributed by atoms with van der Waals surface area (Å²) in [5.74, 6) is -0.206. The minimum atomic E-state index is -0.206. The molecule has 1 aliphatic heterocycles. The van der Waals surface area contributed by atoms with Gasteiger partial charge >= 0.3 is 5.97 Å². The summed E-state index contributed by atoms with van der Waals surface area (Å²) in [5.41, 5.74) is 0.625. The van der Waals surface area contributed by atoms with Gasteiger partial charge in [-0.3, -0.25) is 0 Å². The lowest BCUT2D eigenvalue weighted by molar-refractivity contribution is -0.885. The maximum Gasteiger partial charge on any atom is 0.338 e. The largest absolute Gasteiger partial charge is 0.458 e. The molecule has 0 saturated carbocycles. The van der Waals surface area contributed by atoms with Crippen LogP contribution in [0.4, 0.5) is 0 Å². The van der Waals surface area contributed by atoms with Gasteiger partial charge in [-0.05, 0) is 24.3 Å². The van der Waals surface area contributed by atoms with Gasteiger partial charge in [-0.15, -0.1) is 0 Å². The number of esters is 1. The molecule has 1 aliphatic rings. The Morgan fingerprint density at radius 3 is 2.47 bits per heavy atom. The predicted molar refractivity (Wildman–Crippen MR) is 69.2 cm³/mol. The number of carbonyl (C=O) groups excluding carboxylic acids is 1. The minimum Gasteiger partial charge on any atom is -0.458 e. The molecule has 1 N–H and O–H groups in total. The van der Waals surface area contributed by atoms with Crippen LogP contribution < -0.4 is 4.90 Å². The first-order valence-electron chi connectivity index (χ1n) is 5.93. The van der Waals surface area contributed by atoms with E-state index in [1.165, 1.54) is 4.90 Å². The van der Waals surface area contributed by atoms with Crippen LogP contribution >= 0.6 is 15.9 Å². The number of ether oxygens (including phenoxy) is 1. The number of nitrogens with one attached hydrogen (secondary N) is 1. The normalized spacial score (nSPS) is 24.4. The molecule has 92 valence electrons. The molecule has 0 amide bonds. The first kappa shape index (κ1) is 12.6. The summed E-state index contributed by atoms with van der Waals surface area (Å²) in [6.07, 6.45) is 2.03. The van der Waals surface area contributed by atoms with E-state index in [1.54, 1.807) is 12.1 Å². The number of rotatable bonds is 2. The van der Waals surface area contributed by atoms with E-state index in [1.807, 2.05) is 12.1 Å². The highest BCUT2D eigenvalue weighted by Crippen LogP contribution is 2.13. The number of hydrogen-bond donors (Lipinski definition) is 1. The van der Waals surface area contributed by atoms with Gasteiger partial charge in [-0.25, -0.2) is 4.79 Å². The van der Waals surface area contributed by atoms with E-state index in [0.29, 0.717) is 5.56 Å². The van der Waals surface area contributed by atoms with Crippen LogP contribution in [0.1, 0.15) is 23.2 Å². The second-order valence-electron chi connectivity index (χ2n) is 4.57. The van der Waals surface area contributed by atoms with Crippen LogP contribution in [-0.4, -0.2) is 32.2 Å². The SMILES string of the molecule is C[NH+]1CCC(OC(=O)c2ccc(Br)cc2)CC1. The Balaban J connectivity index is 1.91. The van der Waals surface area contributed by atoms with E-state index in [0.717, 1.165) is 30.4 Å². The Kier molecular flexibility index (Phi) is 4.18. The van der Waals surface area contributed by atoms with Crippen molar-refractivity contribution in [3.05, 3.63) is 34.3 Å². The van der Waals surface area contributed by atoms with E-state index in [2.05, 4.69) is 23.0 Å². The van der Waals surface area contributed by atoms with E-state index < -0.39 is 0 Å². The second-order valence-corrected chi connectivity index (χ2v) is 5.48. The summed E-state index contributed by atoms with van der Waals surface area (Å²) in [7, 11) is 2.17. The number of piperidine rings is 1.